The number of nitrogens with two attached hydrogens (primary N) is 1. The van der Waals surface area contributed by atoms with Gasteiger partial charge in [-0.15, -0.1) is 0 Å². The van der Waals surface area contributed by atoms with Gasteiger partial charge in [0.2, 0.25) is 0 Å². The molecule has 0 atom stereocenters. The third-order valence-corrected chi connectivity index (χ3v) is 2.27. The summed E-state index contributed by atoms with van der Waals surface area (Å²) in [6.07, 6.45) is 0. The molecule has 0 heterocycles. The molecule has 0 aliphatic heterocycles. The zero-order chi connectivity index (χ0) is 11.7. The Morgan fingerprint density at radius 1 is 0.812 bits per heavy atom. The lowest BCUT2D eigenvalue weighted by atomic mass is 10.0. The molecule has 0 aliphatic rings. The molecule has 2 aromatic rings. The van der Waals surface area contributed by atoms with Crippen LogP contribution >= 0.6 is 0 Å². The fourth-order valence-electron chi connectivity index (χ4n) is 1.48. The second-order valence-electron chi connectivity index (χ2n) is 3.33. The molecule has 16 heavy (non-hydrogen) atoms. The van der Waals surface area contributed by atoms with Crippen molar-refractivity contribution >= 4 is 5.69 Å². The molecule has 2 rings (SSSR count). The van der Waals surface area contributed by atoms with Crippen LogP contribution in [0, 0.1) is 17.5 Å². The zero-order valence-electron chi connectivity index (χ0n) is 8.18. The number of nitrogen functional groups attached to an aromatic ring is 1. The van der Waals surface area contributed by atoms with Gasteiger partial charge in [0.25, 0.3) is 0 Å². The van der Waals surface area contributed by atoms with Crippen molar-refractivity contribution in [3.8, 4) is 11.1 Å². The molecular weight excluding hydrogens is 215 g/mol. The predicted molar refractivity (Wildman–Crippen MR) is 56.2 cm³/mol. The van der Waals surface area contributed by atoms with Gasteiger partial charge in [-0.3, -0.25) is 0 Å². The Morgan fingerprint density at radius 2 is 1.56 bits per heavy atom. The molecule has 1 nitrogen and oxygen atoms in total. The molecule has 0 amide bonds. The van der Waals surface area contributed by atoms with Crippen molar-refractivity contribution in [3.05, 3.63) is 53.8 Å². The van der Waals surface area contributed by atoms with Gasteiger partial charge in [0.15, 0.2) is 0 Å². The summed E-state index contributed by atoms with van der Waals surface area (Å²) in [6.45, 7) is 0. The van der Waals surface area contributed by atoms with Crippen molar-refractivity contribution in [3.63, 3.8) is 0 Å². The van der Waals surface area contributed by atoms with Gasteiger partial charge in [0.05, 0.1) is 5.69 Å². The fourth-order valence-corrected chi connectivity index (χ4v) is 1.48. The van der Waals surface area contributed by atoms with E-state index >= 15 is 0 Å². The summed E-state index contributed by atoms with van der Waals surface area (Å²) in [5, 5.41) is 0. The maximum Gasteiger partial charge on any atom is 0.146 e. The average molecular weight is 223 g/mol. The number of benzene rings is 2. The summed E-state index contributed by atoms with van der Waals surface area (Å²) >= 11 is 0. The van der Waals surface area contributed by atoms with Crippen molar-refractivity contribution in [2.75, 3.05) is 5.73 Å². The second kappa shape index (κ2) is 3.89. The first-order chi connectivity index (χ1) is 7.59. The lowest BCUT2D eigenvalue weighted by Crippen LogP contribution is -1.96. The highest BCUT2D eigenvalue weighted by Gasteiger charge is 2.11. The third-order valence-electron chi connectivity index (χ3n) is 2.27. The average Bonchev–Trinajstić information content (AvgIpc) is 2.23. The lowest BCUT2D eigenvalue weighted by molar-refractivity contribution is 0.585. The Kier molecular flexibility index (Phi) is 2.56. The van der Waals surface area contributed by atoms with E-state index in [2.05, 4.69) is 0 Å². The van der Waals surface area contributed by atoms with Crippen LogP contribution in [0.5, 0.6) is 0 Å². The summed E-state index contributed by atoms with van der Waals surface area (Å²) in [5.74, 6) is -2.07. The molecule has 0 unspecified atom stereocenters. The number of hydrogen-bond acceptors (Lipinski definition) is 1. The normalized spacial score (nSPS) is 10.4. The SMILES string of the molecule is Nc1c(F)cccc1-c1ccc(F)cc1F. The first-order valence-electron chi connectivity index (χ1n) is 4.59. The molecule has 0 bridgehead atoms. The van der Waals surface area contributed by atoms with Gasteiger partial charge in [-0.25, -0.2) is 13.2 Å². The van der Waals surface area contributed by atoms with Crippen LogP contribution in [0.25, 0.3) is 11.1 Å². The summed E-state index contributed by atoms with van der Waals surface area (Å²) < 4.78 is 39.3. The number of anilines is 1. The summed E-state index contributed by atoms with van der Waals surface area (Å²) in [5.41, 5.74) is 5.64. The molecule has 0 saturated heterocycles. The van der Waals surface area contributed by atoms with Crippen molar-refractivity contribution in [1.82, 2.24) is 0 Å². The molecule has 0 aromatic heterocycles. The van der Waals surface area contributed by atoms with E-state index in [0.29, 0.717) is 0 Å². The van der Waals surface area contributed by atoms with E-state index < -0.39 is 17.5 Å². The van der Waals surface area contributed by atoms with Gasteiger partial charge in [0.1, 0.15) is 17.5 Å². The third kappa shape index (κ3) is 1.74. The monoisotopic (exact) mass is 223 g/mol. The van der Waals surface area contributed by atoms with Crippen molar-refractivity contribution in [2.24, 2.45) is 0 Å². The molecule has 0 spiro atoms. The standard InChI is InChI=1S/C12H8F3N/c13-7-4-5-8(11(15)6-7)9-2-1-3-10(14)12(9)16/h1-6H,16H2. The van der Waals surface area contributed by atoms with Gasteiger partial charge >= 0.3 is 0 Å². The molecule has 4 heteroatoms. The summed E-state index contributed by atoms with van der Waals surface area (Å²) in [4.78, 5) is 0. The highest BCUT2D eigenvalue weighted by Crippen LogP contribution is 2.29. The van der Waals surface area contributed by atoms with Crippen LogP contribution in [0.3, 0.4) is 0 Å². The molecule has 82 valence electrons. The Morgan fingerprint density at radius 3 is 2.25 bits per heavy atom. The van der Waals surface area contributed by atoms with E-state index in [4.69, 9.17) is 5.73 Å². The van der Waals surface area contributed by atoms with Crippen LogP contribution in [0.2, 0.25) is 0 Å². The molecule has 0 fully saturated rings. The van der Waals surface area contributed by atoms with E-state index in [0.717, 1.165) is 12.1 Å². The number of halogens is 3. The number of hydrogen-bond donors (Lipinski definition) is 1. The van der Waals surface area contributed by atoms with Gasteiger partial charge in [-0.05, 0) is 18.2 Å². The van der Waals surface area contributed by atoms with Gasteiger partial charge < -0.3 is 5.73 Å². The van der Waals surface area contributed by atoms with Gasteiger partial charge in [0, 0.05) is 17.2 Å². The minimum atomic E-state index is -0.766. The minimum absolute atomic E-state index is 0.0819. The van der Waals surface area contributed by atoms with Crippen LogP contribution in [-0.4, -0.2) is 0 Å². The Bertz CT molecular complexity index is 538. The first-order valence-corrected chi connectivity index (χ1v) is 4.59. The number of rotatable bonds is 1. The highest BCUT2D eigenvalue weighted by atomic mass is 19.1. The summed E-state index contributed by atoms with van der Waals surface area (Å²) in [6, 6.07) is 7.15. The second-order valence-corrected chi connectivity index (χ2v) is 3.33. The molecule has 0 saturated carbocycles. The minimum Gasteiger partial charge on any atom is -0.396 e. The Hall–Kier alpha value is -1.97. The maximum absolute atomic E-state index is 13.4. The largest absolute Gasteiger partial charge is 0.396 e. The van der Waals surface area contributed by atoms with Gasteiger partial charge in [-0.1, -0.05) is 12.1 Å². The van der Waals surface area contributed by atoms with E-state index in [1.54, 1.807) is 0 Å². The quantitative estimate of drug-likeness (QED) is 0.737. The molecule has 2 aromatic carbocycles. The van der Waals surface area contributed by atoms with Crippen molar-refractivity contribution < 1.29 is 13.2 Å². The van der Waals surface area contributed by atoms with E-state index in [-0.39, 0.29) is 16.8 Å². The van der Waals surface area contributed by atoms with E-state index in [9.17, 15) is 13.2 Å². The van der Waals surface area contributed by atoms with Crippen molar-refractivity contribution in [1.29, 1.82) is 0 Å². The predicted octanol–water partition coefficient (Wildman–Crippen LogP) is 3.35. The zero-order valence-corrected chi connectivity index (χ0v) is 8.18. The van der Waals surface area contributed by atoms with Crippen LogP contribution in [-0.2, 0) is 0 Å². The van der Waals surface area contributed by atoms with Crippen molar-refractivity contribution in [2.45, 2.75) is 0 Å². The van der Waals surface area contributed by atoms with Gasteiger partial charge in [-0.2, -0.15) is 0 Å². The molecule has 0 radical (unpaired) electrons. The molecule has 0 aliphatic carbocycles. The Labute approximate surface area is 90.3 Å². The fraction of sp³-hybridized carbons (Fsp3) is 0. The molecular formula is C12H8F3N. The number of para-hydroxylation sites is 1. The molecule has 2 N–H and O–H groups in total. The van der Waals surface area contributed by atoms with Crippen LogP contribution in [0.1, 0.15) is 0 Å². The first kappa shape index (κ1) is 10.5. The topological polar surface area (TPSA) is 26.0 Å². The van der Waals surface area contributed by atoms with Crippen LogP contribution < -0.4 is 5.73 Å². The smallest absolute Gasteiger partial charge is 0.146 e. The van der Waals surface area contributed by atoms with E-state index in [1.807, 2.05) is 0 Å². The maximum atomic E-state index is 13.4. The van der Waals surface area contributed by atoms with E-state index in [1.165, 1.54) is 24.3 Å². The highest BCUT2D eigenvalue weighted by molar-refractivity contribution is 5.76. The van der Waals surface area contributed by atoms with Crippen LogP contribution in [0.15, 0.2) is 36.4 Å². The van der Waals surface area contributed by atoms with Crippen LogP contribution in [0.4, 0.5) is 18.9 Å². The Balaban J connectivity index is 2.63. The summed E-state index contributed by atoms with van der Waals surface area (Å²) in [7, 11) is 0. The lowest BCUT2D eigenvalue weighted by Gasteiger charge is -2.07.